The number of halogens is 1. The van der Waals surface area contributed by atoms with E-state index in [-0.39, 0.29) is 18.4 Å². The molecule has 0 heterocycles. The number of carbonyl (C=O) groups is 1. The summed E-state index contributed by atoms with van der Waals surface area (Å²) in [6, 6.07) is 0. The van der Waals surface area contributed by atoms with Crippen LogP contribution in [0.15, 0.2) is 0 Å². The molecule has 0 aromatic rings. The largest absolute Gasteiger partial charge is 0.371 e. The molecule has 0 aliphatic rings. The highest BCUT2D eigenvalue weighted by Crippen LogP contribution is 1.71. The molecule has 0 fully saturated rings. The summed E-state index contributed by atoms with van der Waals surface area (Å²) in [4.78, 5) is 14.4. The average Bonchev–Trinajstić information content (AvgIpc) is 1.66. The molecule has 0 bridgehead atoms. The summed E-state index contributed by atoms with van der Waals surface area (Å²) >= 11 is 0. The lowest BCUT2D eigenvalue weighted by atomic mass is 10.5. The topological polar surface area (TPSA) is 38.3 Å². The molecule has 3 nitrogen and oxygen atoms in total. The zero-order chi connectivity index (χ0) is 6.41. The van der Waals surface area contributed by atoms with Crippen molar-refractivity contribution in [3.05, 3.63) is 0 Å². The molecular weight excluding hydrogens is 142 g/mol. The lowest BCUT2D eigenvalue weighted by Gasteiger charge is -1.98. The summed E-state index contributed by atoms with van der Waals surface area (Å²) in [5, 5.41) is 0. The van der Waals surface area contributed by atoms with E-state index in [1.54, 1.807) is 0 Å². The minimum atomic E-state index is -0.293. The maximum atomic E-state index is 10.0. The van der Waals surface area contributed by atoms with Crippen LogP contribution < -0.4 is 5.48 Å². The van der Waals surface area contributed by atoms with Crippen molar-refractivity contribution in [2.75, 3.05) is 6.54 Å². The van der Waals surface area contributed by atoms with Gasteiger partial charge < -0.3 is 4.84 Å². The van der Waals surface area contributed by atoms with Crippen LogP contribution in [0.4, 0.5) is 0 Å². The number of nitrogens with one attached hydrogen (secondary N) is 1. The molecule has 0 amide bonds. The molecule has 0 saturated carbocycles. The molecular formula is C5H12ClNO2. The molecule has 9 heavy (non-hydrogen) atoms. The fourth-order valence-corrected chi connectivity index (χ4v) is 0.255. The number of rotatable bonds is 3. The minimum Gasteiger partial charge on any atom is -0.371 e. The van der Waals surface area contributed by atoms with Gasteiger partial charge in [-0.25, -0.2) is 0 Å². The minimum absolute atomic E-state index is 0. The summed E-state index contributed by atoms with van der Waals surface area (Å²) in [5.74, 6) is -0.293. The number of carbonyl (C=O) groups excluding carboxylic acids is 1. The van der Waals surface area contributed by atoms with Crippen LogP contribution in [0.1, 0.15) is 20.3 Å². The van der Waals surface area contributed by atoms with Crippen molar-refractivity contribution in [1.82, 2.24) is 5.48 Å². The predicted octanol–water partition coefficient (Wildman–Crippen LogP) is 0.886. The van der Waals surface area contributed by atoms with Crippen LogP contribution in [-0.4, -0.2) is 12.5 Å². The Balaban J connectivity index is 0. The Hall–Kier alpha value is -0.280. The van der Waals surface area contributed by atoms with E-state index in [1.165, 1.54) is 6.92 Å². The highest BCUT2D eigenvalue weighted by Gasteiger charge is 1.86. The lowest BCUT2D eigenvalue weighted by molar-refractivity contribution is -0.148. The molecule has 0 aromatic heterocycles. The third-order valence-corrected chi connectivity index (χ3v) is 0.568. The molecule has 0 aliphatic carbocycles. The van der Waals surface area contributed by atoms with Crippen molar-refractivity contribution in [1.29, 1.82) is 0 Å². The van der Waals surface area contributed by atoms with Crippen molar-refractivity contribution in [2.24, 2.45) is 0 Å². The maximum Gasteiger partial charge on any atom is 0.321 e. The molecule has 0 radical (unpaired) electrons. The summed E-state index contributed by atoms with van der Waals surface area (Å²) < 4.78 is 0. The second kappa shape index (κ2) is 7.72. The summed E-state index contributed by atoms with van der Waals surface area (Å²) in [6.45, 7) is 4.08. The smallest absolute Gasteiger partial charge is 0.321 e. The van der Waals surface area contributed by atoms with E-state index in [0.29, 0.717) is 0 Å². The SMILES string of the molecule is CCCNOC(C)=O.Cl. The van der Waals surface area contributed by atoms with Gasteiger partial charge in [0.1, 0.15) is 0 Å². The molecule has 0 atom stereocenters. The Morgan fingerprint density at radius 1 is 1.67 bits per heavy atom. The van der Waals surface area contributed by atoms with E-state index in [1.807, 2.05) is 6.92 Å². The normalized spacial score (nSPS) is 7.78. The van der Waals surface area contributed by atoms with Gasteiger partial charge in [0.05, 0.1) is 0 Å². The number of hydrogen-bond donors (Lipinski definition) is 1. The molecule has 0 saturated heterocycles. The first kappa shape index (κ1) is 11.5. The molecule has 4 heteroatoms. The quantitative estimate of drug-likeness (QED) is 0.484. The number of hydroxylamine groups is 1. The van der Waals surface area contributed by atoms with Crippen molar-refractivity contribution >= 4 is 18.4 Å². The van der Waals surface area contributed by atoms with Gasteiger partial charge in [-0.2, -0.15) is 5.48 Å². The number of hydrogen-bond acceptors (Lipinski definition) is 3. The van der Waals surface area contributed by atoms with Crippen LogP contribution in [0.2, 0.25) is 0 Å². The van der Waals surface area contributed by atoms with Gasteiger partial charge in [-0.3, -0.25) is 4.79 Å². The van der Waals surface area contributed by atoms with Gasteiger partial charge in [0.15, 0.2) is 0 Å². The van der Waals surface area contributed by atoms with Crippen LogP contribution in [0.25, 0.3) is 0 Å². The third-order valence-electron chi connectivity index (χ3n) is 0.568. The summed E-state index contributed by atoms with van der Waals surface area (Å²) in [5.41, 5.74) is 2.48. The van der Waals surface area contributed by atoms with Crippen molar-refractivity contribution in [3.63, 3.8) is 0 Å². The highest BCUT2D eigenvalue weighted by molar-refractivity contribution is 5.85. The van der Waals surface area contributed by atoms with Gasteiger partial charge in [0.2, 0.25) is 0 Å². The monoisotopic (exact) mass is 153 g/mol. The van der Waals surface area contributed by atoms with E-state index in [2.05, 4.69) is 10.3 Å². The van der Waals surface area contributed by atoms with Gasteiger partial charge in [0, 0.05) is 13.5 Å². The van der Waals surface area contributed by atoms with Gasteiger partial charge in [0.25, 0.3) is 0 Å². The first-order chi connectivity index (χ1) is 3.77. The Morgan fingerprint density at radius 2 is 2.22 bits per heavy atom. The van der Waals surface area contributed by atoms with Crippen molar-refractivity contribution in [2.45, 2.75) is 20.3 Å². The van der Waals surface area contributed by atoms with Crippen molar-refractivity contribution < 1.29 is 9.63 Å². The second-order valence-electron chi connectivity index (χ2n) is 1.49. The van der Waals surface area contributed by atoms with Crippen molar-refractivity contribution in [3.8, 4) is 0 Å². The van der Waals surface area contributed by atoms with E-state index in [4.69, 9.17) is 0 Å². The van der Waals surface area contributed by atoms with E-state index >= 15 is 0 Å². The van der Waals surface area contributed by atoms with Crippen LogP contribution in [0.5, 0.6) is 0 Å². The zero-order valence-corrected chi connectivity index (χ0v) is 6.46. The van der Waals surface area contributed by atoms with Crippen LogP contribution in [-0.2, 0) is 9.63 Å². The van der Waals surface area contributed by atoms with Crippen LogP contribution >= 0.6 is 12.4 Å². The molecule has 1 N–H and O–H groups in total. The standard InChI is InChI=1S/C5H11NO2.ClH/c1-3-4-6-8-5(2)7;/h6H,3-4H2,1-2H3;1H. The summed E-state index contributed by atoms with van der Waals surface area (Å²) in [6.07, 6.45) is 0.966. The zero-order valence-electron chi connectivity index (χ0n) is 5.64. The first-order valence-corrected chi connectivity index (χ1v) is 2.67. The lowest BCUT2D eigenvalue weighted by Crippen LogP contribution is -2.18. The Bertz CT molecular complexity index is 77.4. The molecule has 0 unspecified atom stereocenters. The van der Waals surface area contributed by atoms with Gasteiger partial charge in [-0.1, -0.05) is 6.92 Å². The molecule has 56 valence electrons. The van der Waals surface area contributed by atoms with Gasteiger partial charge in [-0.05, 0) is 6.42 Å². The van der Waals surface area contributed by atoms with Crippen LogP contribution in [0, 0.1) is 0 Å². The van der Waals surface area contributed by atoms with E-state index < -0.39 is 0 Å². The fraction of sp³-hybridized carbons (Fsp3) is 0.800. The molecule has 0 spiro atoms. The molecule has 0 rings (SSSR count). The first-order valence-electron chi connectivity index (χ1n) is 2.67. The maximum absolute atomic E-state index is 10.0. The summed E-state index contributed by atoms with van der Waals surface area (Å²) in [7, 11) is 0. The third kappa shape index (κ3) is 11.3. The predicted molar refractivity (Wildman–Crippen MR) is 37.3 cm³/mol. The Labute approximate surface area is 61.1 Å². The Morgan fingerprint density at radius 3 is 2.56 bits per heavy atom. The average molecular weight is 154 g/mol. The fourth-order valence-electron chi connectivity index (χ4n) is 0.255. The van der Waals surface area contributed by atoms with E-state index in [9.17, 15) is 4.79 Å². The molecule has 0 aliphatic heterocycles. The van der Waals surface area contributed by atoms with E-state index in [0.717, 1.165) is 13.0 Å². The van der Waals surface area contributed by atoms with Gasteiger partial charge >= 0.3 is 5.97 Å². The Kier molecular flexibility index (Phi) is 9.87. The second-order valence-corrected chi connectivity index (χ2v) is 1.49. The van der Waals surface area contributed by atoms with Gasteiger partial charge in [-0.15, -0.1) is 12.4 Å². The van der Waals surface area contributed by atoms with Crippen LogP contribution in [0.3, 0.4) is 0 Å². The highest BCUT2D eigenvalue weighted by atomic mass is 35.5. The molecule has 0 aromatic carbocycles.